The maximum Gasteiger partial charge on any atom is 0.240 e. The zero-order valence-corrected chi connectivity index (χ0v) is 10.3. The summed E-state index contributed by atoms with van der Waals surface area (Å²) in [5.74, 6) is 0.107. The minimum Gasteiger partial charge on any atom is -0.311 e. The monoisotopic (exact) mass is 278 g/mol. The largest absolute Gasteiger partial charge is 0.311 e. The van der Waals surface area contributed by atoms with Crippen molar-refractivity contribution in [3.05, 3.63) is 29.8 Å². The molecule has 0 radical (unpaired) electrons. The minimum absolute atomic E-state index is 0.0723. The van der Waals surface area contributed by atoms with Crippen LogP contribution in [0.3, 0.4) is 0 Å². The third-order valence-electron chi connectivity index (χ3n) is 2.68. The van der Waals surface area contributed by atoms with E-state index in [9.17, 15) is 4.79 Å². The van der Waals surface area contributed by atoms with E-state index < -0.39 is 0 Å². The van der Waals surface area contributed by atoms with Crippen LogP contribution < -0.4 is 4.90 Å². The van der Waals surface area contributed by atoms with Gasteiger partial charge in [0.1, 0.15) is 0 Å². The Balaban J connectivity index is 2.23. The molecule has 1 aromatic carbocycles. The molecule has 1 atom stereocenters. The van der Waals surface area contributed by atoms with Gasteiger partial charge in [-0.05, 0) is 37.1 Å². The van der Waals surface area contributed by atoms with E-state index in [2.05, 4.69) is 22.0 Å². The van der Waals surface area contributed by atoms with Gasteiger partial charge >= 0.3 is 0 Å². The number of amides is 1. The van der Waals surface area contributed by atoms with Crippen molar-refractivity contribution >= 4 is 27.5 Å². The normalized spacial score (nSPS) is 20.6. The molecule has 1 amide bonds. The first kappa shape index (κ1) is 11.2. The van der Waals surface area contributed by atoms with Crippen LogP contribution in [0.5, 0.6) is 0 Å². The number of nitrogens with zero attached hydrogens (tertiary/aromatic N) is 2. The standard InChI is InChI=1S/C12H11BrN2O/c13-11-2-1-7-15(12(11)16)10-5-3-9(8-14)4-6-10/h3-6,11H,1-2,7H2/t11-/m1/s1. The molecule has 0 aromatic heterocycles. The number of carbonyl (C=O) groups excluding carboxylic acids is 1. The van der Waals surface area contributed by atoms with Crippen LogP contribution in [0.4, 0.5) is 5.69 Å². The van der Waals surface area contributed by atoms with Gasteiger partial charge in [-0.15, -0.1) is 0 Å². The Labute approximate surface area is 103 Å². The highest BCUT2D eigenvalue weighted by Crippen LogP contribution is 2.24. The molecule has 0 bridgehead atoms. The van der Waals surface area contributed by atoms with E-state index in [0.29, 0.717) is 5.56 Å². The van der Waals surface area contributed by atoms with Crippen LogP contribution in [0.25, 0.3) is 0 Å². The molecule has 4 heteroatoms. The molecular weight excluding hydrogens is 268 g/mol. The molecule has 16 heavy (non-hydrogen) atoms. The van der Waals surface area contributed by atoms with Gasteiger partial charge < -0.3 is 4.90 Å². The van der Waals surface area contributed by atoms with Gasteiger partial charge in [0.15, 0.2) is 0 Å². The van der Waals surface area contributed by atoms with E-state index in [4.69, 9.17) is 5.26 Å². The molecule has 1 heterocycles. The summed E-state index contributed by atoms with van der Waals surface area (Å²) in [5, 5.41) is 8.69. The van der Waals surface area contributed by atoms with Crippen molar-refractivity contribution in [1.82, 2.24) is 0 Å². The highest BCUT2D eigenvalue weighted by Gasteiger charge is 2.27. The van der Waals surface area contributed by atoms with Crippen LogP contribution in [-0.2, 0) is 4.79 Å². The Kier molecular flexibility index (Phi) is 3.25. The van der Waals surface area contributed by atoms with Gasteiger partial charge in [0.2, 0.25) is 5.91 Å². The highest BCUT2D eigenvalue weighted by molar-refractivity contribution is 9.10. The quantitative estimate of drug-likeness (QED) is 0.741. The fourth-order valence-corrected chi connectivity index (χ4v) is 2.37. The Morgan fingerprint density at radius 2 is 2.06 bits per heavy atom. The smallest absolute Gasteiger partial charge is 0.240 e. The number of alkyl halides is 1. The minimum atomic E-state index is -0.0723. The zero-order chi connectivity index (χ0) is 11.5. The average molecular weight is 279 g/mol. The molecule has 0 aliphatic carbocycles. The molecule has 3 nitrogen and oxygen atoms in total. The number of hydrogen-bond acceptors (Lipinski definition) is 2. The van der Waals surface area contributed by atoms with Gasteiger partial charge in [-0.25, -0.2) is 0 Å². The fourth-order valence-electron chi connectivity index (χ4n) is 1.80. The van der Waals surface area contributed by atoms with E-state index in [1.807, 2.05) is 12.1 Å². The number of anilines is 1. The number of hydrogen-bond donors (Lipinski definition) is 0. The van der Waals surface area contributed by atoms with Gasteiger partial charge in [-0.3, -0.25) is 4.79 Å². The average Bonchev–Trinajstić information content (AvgIpc) is 2.33. The molecule has 0 N–H and O–H groups in total. The second-order valence-electron chi connectivity index (χ2n) is 3.76. The van der Waals surface area contributed by atoms with E-state index in [1.54, 1.807) is 17.0 Å². The number of carbonyl (C=O) groups is 1. The summed E-state index contributed by atoms with van der Waals surface area (Å²) >= 11 is 3.38. The molecule has 0 saturated carbocycles. The van der Waals surface area contributed by atoms with E-state index in [1.165, 1.54) is 0 Å². The van der Waals surface area contributed by atoms with Crippen molar-refractivity contribution in [2.75, 3.05) is 11.4 Å². The van der Waals surface area contributed by atoms with Gasteiger partial charge in [-0.2, -0.15) is 5.26 Å². The predicted octanol–water partition coefficient (Wildman–Crippen LogP) is 2.45. The van der Waals surface area contributed by atoms with Crippen LogP contribution in [0.2, 0.25) is 0 Å². The second-order valence-corrected chi connectivity index (χ2v) is 4.86. The molecule has 82 valence electrons. The van der Waals surface area contributed by atoms with E-state index >= 15 is 0 Å². The maximum absolute atomic E-state index is 11.9. The lowest BCUT2D eigenvalue weighted by molar-refractivity contribution is -0.118. The Morgan fingerprint density at radius 1 is 1.38 bits per heavy atom. The summed E-state index contributed by atoms with van der Waals surface area (Å²) in [6, 6.07) is 9.18. The topological polar surface area (TPSA) is 44.1 Å². The number of piperidine rings is 1. The molecule has 1 aliphatic rings. The molecule has 1 aromatic rings. The first-order valence-electron chi connectivity index (χ1n) is 5.18. The Morgan fingerprint density at radius 3 is 2.69 bits per heavy atom. The lowest BCUT2D eigenvalue weighted by Gasteiger charge is -2.29. The molecular formula is C12H11BrN2O. The second kappa shape index (κ2) is 4.67. The predicted molar refractivity (Wildman–Crippen MR) is 65.5 cm³/mol. The van der Waals surface area contributed by atoms with Crippen molar-refractivity contribution in [1.29, 1.82) is 5.26 Å². The fraction of sp³-hybridized carbons (Fsp3) is 0.333. The number of rotatable bonds is 1. The van der Waals surface area contributed by atoms with Crippen molar-refractivity contribution in [2.45, 2.75) is 17.7 Å². The molecule has 1 fully saturated rings. The van der Waals surface area contributed by atoms with Crippen LogP contribution >= 0.6 is 15.9 Å². The maximum atomic E-state index is 11.9. The van der Waals surface area contributed by atoms with E-state index in [-0.39, 0.29) is 10.7 Å². The summed E-state index contributed by atoms with van der Waals surface area (Å²) < 4.78 is 0. The van der Waals surface area contributed by atoms with Crippen LogP contribution in [0, 0.1) is 11.3 Å². The first-order chi connectivity index (χ1) is 7.72. The lowest BCUT2D eigenvalue weighted by Crippen LogP contribution is -2.41. The molecule has 2 rings (SSSR count). The summed E-state index contributed by atoms with van der Waals surface area (Å²) in [7, 11) is 0. The molecule has 1 saturated heterocycles. The summed E-state index contributed by atoms with van der Waals surface area (Å²) in [5.41, 5.74) is 1.48. The van der Waals surface area contributed by atoms with Gasteiger partial charge in [0.05, 0.1) is 16.5 Å². The third kappa shape index (κ3) is 2.10. The lowest BCUT2D eigenvalue weighted by atomic mass is 10.1. The van der Waals surface area contributed by atoms with Crippen molar-refractivity contribution in [3.63, 3.8) is 0 Å². The Bertz CT molecular complexity index is 435. The van der Waals surface area contributed by atoms with Crippen molar-refractivity contribution in [3.8, 4) is 6.07 Å². The number of halogens is 1. The number of benzene rings is 1. The van der Waals surface area contributed by atoms with Gasteiger partial charge in [0, 0.05) is 12.2 Å². The molecule has 0 spiro atoms. The van der Waals surface area contributed by atoms with E-state index in [0.717, 1.165) is 25.1 Å². The molecule has 1 aliphatic heterocycles. The van der Waals surface area contributed by atoms with Crippen LogP contribution in [0.15, 0.2) is 24.3 Å². The highest BCUT2D eigenvalue weighted by atomic mass is 79.9. The Hall–Kier alpha value is -1.34. The van der Waals surface area contributed by atoms with Crippen molar-refractivity contribution < 1.29 is 4.79 Å². The molecule has 0 unspecified atom stereocenters. The van der Waals surface area contributed by atoms with Gasteiger partial charge in [0.25, 0.3) is 0 Å². The van der Waals surface area contributed by atoms with Gasteiger partial charge in [-0.1, -0.05) is 15.9 Å². The summed E-state index contributed by atoms with van der Waals surface area (Å²) in [4.78, 5) is 13.6. The van der Waals surface area contributed by atoms with Crippen LogP contribution in [0.1, 0.15) is 18.4 Å². The van der Waals surface area contributed by atoms with Crippen LogP contribution in [-0.4, -0.2) is 17.3 Å². The zero-order valence-electron chi connectivity index (χ0n) is 8.69. The first-order valence-corrected chi connectivity index (χ1v) is 6.09. The SMILES string of the molecule is N#Cc1ccc(N2CCC[C@@H](Br)C2=O)cc1. The number of nitriles is 1. The summed E-state index contributed by atoms with van der Waals surface area (Å²) in [6.45, 7) is 0.757. The third-order valence-corrected chi connectivity index (χ3v) is 3.53. The van der Waals surface area contributed by atoms with Crippen molar-refractivity contribution in [2.24, 2.45) is 0 Å². The summed E-state index contributed by atoms with van der Waals surface area (Å²) in [6.07, 6.45) is 1.90.